The molecule has 1 saturated carbocycles. The maximum atomic E-state index is 13.2. The van der Waals surface area contributed by atoms with Gasteiger partial charge in [-0.2, -0.15) is 0 Å². The van der Waals surface area contributed by atoms with Gasteiger partial charge in [0.15, 0.2) is 0 Å². The number of nitrogens with zero attached hydrogens (tertiary/aromatic N) is 1. The number of amides is 2. The lowest BCUT2D eigenvalue weighted by atomic mass is 9.87. The average molecular weight is 586 g/mol. The van der Waals surface area contributed by atoms with Gasteiger partial charge in [-0.15, -0.1) is 0 Å². The van der Waals surface area contributed by atoms with Crippen LogP contribution in [0.1, 0.15) is 39.5 Å². The summed E-state index contributed by atoms with van der Waals surface area (Å²) >= 11 is 2.16. The van der Waals surface area contributed by atoms with Crippen molar-refractivity contribution in [3.8, 4) is 5.75 Å². The van der Waals surface area contributed by atoms with Gasteiger partial charge in [0.2, 0.25) is 11.8 Å². The molecule has 2 aliphatic rings. The third-order valence-corrected chi connectivity index (χ3v) is 6.81. The summed E-state index contributed by atoms with van der Waals surface area (Å²) in [7, 11) is 0. The SMILES string of the molecule is CC(C)OCCCN(C(=O)C1CC1)[C@@H]1CC(C(=O)NCCO)=C[C@H](Oc2ccccc2I)[C@H]1O. The van der Waals surface area contributed by atoms with Gasteiger partial charge < -0.3 is 29.9 Å². The molecule has 1 aromatic rings. The normalized spacial score (nSPS) is 22.3. The Kier molecular flexibility index (Phi) is 10.2. The van der Waals surface area contributed by atoms with Gasteiger partial charge in [0.1, 0.15) is 18.0 Å². The number of aliphatic hydroxyl groups excluding tert-OH is 2. The number of carbonyl (C=O) groups excluding carboxylic acids is 2. The van der Waals surface area contributed by atoms with E-state index in [1.54, 1.807) is 11.0 Å². The topological polar surface area (TPSA) is 108 Å². The van der Waals surface area contributed by atoms with Gasteiger partial charge in [-0.3, -0.25) is 9.59 Å². The van der Waals surface area contributed by atoms with Crippen molar-refractivity contribution in [1.29, 1.82) is 0 Å². The van der Waals surface area contributed by atoms with E-state index in [0.29, 0.717) is 30.9 Å². The van der Waals surface area contributed by atoms with Crippen molar-refractivity contribution >= 4 is 34.4 Å². The summed E-state index contributed by atoms with van der Waals surface area (Å²) in [6, 6.07) is 6.86. The molecule has 1 aromatic carbocycles. The lowest BCUT2D eigenvalue weighted by molar-refractivity contribution is -0.140. The molecule has 1 fully saturated rings. The minimum absolute atomic E-state index is 0.0126. The van der Waals surface area contributed by atoms with E-state index in [4.69, 9.17) is 14.6 Å². The molecule has 0 aliphatic heterocycles. The Balaban J connectivity index is 1.85. The lowest BCUT2D eigenvalue weighted by Crippen LogP contribution is -2.55. The second-order valence-corrected chi connectivity index (χ2v) is 10.2. The van der Waals surface area contributed by atoms with Crippen LogP contribution in [0.2, 0.25) is 0 Å². The van der Waals surface area contributed by atoms with Crippen molar-refractivity contribution in [2.45, 2.75) is 63.9 Å². The maximum Gasteiger partial charge on any atom is 0.247 e. The first-order chi connectivity index (χ1) is 16.3. The number of halogens is 1. The predicted octanol–water partition coefficient (Wildman–Crippen LogP) is 2.26. The fourth-order valence-electron chi connectivity index (χ4n) is 4.02. The van der Waals surface area contributed by atoms with Gasteiger partial charge in [0, 0.05) is 37.6 Å². The largest absolute Gasteiger partial charge is 0.482 e. The van der Waals surface area contributed by atoms with Crippen LogP contribution in [0, 0.1) is 9.49 Å². The molecule has 3 rings (SSSR count). The first-order valence-corrected chi connectivity index (χ1v) is 13.0. The van der Waals surface area contributed by atoms with E-state index in [-0.39, 0.29) is 43.4 Å². The second kappa shape index (κ2) is 12.9. The molecule has 0 aromatic heterocycles. The highest BCUT2D eigenvalue weighted by molar-refractivity contribution is 14.1. The minimum Gasteiger partial charge on any atom is -0.482 e. The van der Waals surface area contributed by atoms with Crippen LogP contribution in [-0.4, -0.2) is 77.6 Å². The number of carbonyl (C=O) groups is 2. The molecule has 34 heavy (non-hydrogen) atoms. The van der Waals surface area contributed by atoms with Crippen LogP contribution >= 0.6 is 22.6 Å². The van der Waals surface area contributed by atoms with Gasteiger partial charge >= 0.3 is 0 Å². The molecular weight excluding hydrogens is 551 g/mol. The molecule has 0 bridgehead atoms. The van der Waals surface area contributed by atoms with Gasteiger partial charge in [-0.25, -0.2) is 0 Å². The summed E-state index contributed by atoms with van der Waals surface area (Å²) in [5.74, 6) is 0.262. The zero-order valence-corrected chi connectivity index (χ0v) is 21.9. The Morgan fingerprint density at radius 2 is 2.00 bits per heavy atom. The van der Waals surface area contributed by atoms with Gasteiger partial charge in [-0.05, 0) is 73.9 Å². The fourth-order valence-corrected chi connectivity index (χ4v) is 4.54. The van der Waals surface area contributed by atoms with Crippen molar-refractivity contribution in [2.24, 2.45) is 5.92 Å². The maximum absolute atomic E-state index is 13.2. The van der Waals surface area contributed by atoms with Crippen LogP contribution < -0.4 is 10.1 Å². The van der Waals surface area contributed by atoms with Crippen molar-refractivity contribution in [1.82, 2.24) is 10.2 Å². The standard InChI is InChI=1S/C25H35IN2O6/c1-16(2)33-13-5-11-28(25(32)17-8-9-17)20-14-18(24(31)27-10-12-29)15-22(23(20)30)34-21-7-4-3-6-19(21)26/h3-4,6-7,15-17,20,22-23,29-30H,5,8-14H2,1-2H3,(H,27,31)/t20-,22+,23+/m1/s1. The molecule has 3 N–H and O–H groups in total. The monoisotopic (exact) mass is 586 g/mol. The van der Waals surface area contributed by atoms with Gasteiger partial charge in [0.25, 0.3) is 0 Å². The van der Waals surface area contributed by atoms with Crippen LogP contribution in [0.25, 0.3) is 0 Å². The third kappa shape index (κ3) is 7.40. The summed E-state index contributed by atoms with van der Waals surface area (Å²) in [5, 5.41) is 23.1. The number of ether oxygens (including phenoxy) is 2. The Hall–Kier alpha value is -1.69. The molecule has 0 saturated heterocycles. The summed E-state index contributed by atoms with van der Waals surface area (Å²) < 4.78 is 12.7. The predicted molar refractivity (Wildman–Crippen MR) is 136 cm³/mol. The molecule has 9 heteroatoms. The highest BCUT2D eigenvalue weighted by atomic mass is 127. The molecule has 0 spiro atoms. The van der Waals surface area contributed by atoms with Crippen LogP contribution in [0.4, 0.5) is 0 Å². The van der Waals surface area contributed by atoms with E-state index < -0.39 is 18.2 Å². The van der Waals surface area contributed by atoms with E-state index in [2.05, 4.69) is 27.9 Å². The molecule has 3 atom stereocenters. The van der Waals surface area contributed by atoms with E-state index >= 15 is 0 Å². The molecule has 8 nitrogen and oxygen atoms in total. The molecule has 2 aliphatic carbocycles. The Morgan fingerprint density at radius 1 is 1.26 bits per heavy atom. The Labute approximate surface area is 214 Å². The molecule has 188 valence electrons. The summed E-state index contributed by atoms with van der Waals surface area (Å²) in [6.45, 7) is 4.83. The van der Waals surface area contributed by atoms with E-state index in [1.807, 2.05) is 38.1 Å². The second-order valence-electron chi connectivity index (χ2n) is 9.03. The van der Waals surface area contributed by atoms with E-state index in [1.165, 1.54) is 0 Å². The number of hydrogen-bond acceptors (Lipinski definition) is 6. The van der Waals surface area contributed by atoms with Gasteiger partial charge in [-0.1, -0.05) is 12.1 Å². The minimum atomic E-state index is -1.00. The average Bonchev–Trinajstić information content (AvgIpc) is 3.65. The van der Waals surface area contributed by atoms with Crippen LogP contribution in [0.15, 0.2) is 35.9 Å². The molecule has 2 amide bonds. The highest BCUT2D eigenvalue weighted by Crippen LogP contribution is 2.35. The van der Waals surface area contributed by atoms with Crippen molar-refractivity contribution in [3.05, 3.63) is 39.5 Å². The number of nitrogens with one attached hydrogen (secondary N) is 1. The molecule has 0 heterocycles. The number of para-hydroxylation sites is 1. The van der Waals surface area contributed by atoms with Crippen molar-refractivity contribution in [3.63, 3.8) is 0 Å². The molecule has 0 radical (unpaired) electrons. The fraction of sp³-hybridized carbons (Fsp3) is 0.600. The van der Waals surface area contributed by atoms with E-state index in [9.17, 15) is 14.7 Å². The summed E-state index contributed by atoms with van der Waals surface area (Å²) in [5.41, 5.74) is 0.437. The van der Waals surface area contributed by atoms with Crippen molar-refractivity contribution < 1.29 is 29.3 Å². The molecule has 0 unspecified atom stereocenters. The zero-order chi connectivity index (χ0) is 24.7. The van der Waals surface area contributed by atoms with Gasteiger partial charge in [0.05, 0.1) is 22.3 Å². The van der Waals surface area contributed by atoms with Crippen molar-refractivity contribution in [2.75, 3.05) is 26.3 Å². The summed E-state index contributed by atoms with van der Waals surface area (Å²) in [6.07, 6.45) is 2.49. The number of benzene rings is 1. The Bertz CT molecular complexity index is 873. The van der Waals surface area contributed by atoms with E-state index in [0.717, 1.165) is 16.4 Å². The Morgan fingerprint density at radius 3 is 2.65 bits per heavy atom. The van der Waals surface area contributed by atoms with Crippen LogP contribution in [-0.2, 0) is 14.3 Å². The lowest BCUT2D eigenvalue weighted by Gasteiger charge is -2.40. The number of aliphatic hydroxyl groups is 2. The van der Waals surface area contributed by atoms with Crippen LogP contribution in [0.3, 0.4) is 0 Å². The highest BCUT2D eigenvalue weighted by Gasteiger charge is 2.43. The zero-order valence-electron chi connectivity index (χ0n) is 19.8. The first kappa shape index (κ1) is 26.9. The summed E-state index contributed by atoms with van der Waals surface area (Å²) in [4.78, 5) is 27.7. The number of rotatable bonds is 12. The van der Waals surface area contributed by atoms with Crippen LogP contribution in [0.5, 0.6) is 5.75 Å². The smallest absolute Gasteiger partial charge is 0.247 e. The third-order valence-electron chi connectivity index (χ3n) is 5.92. The first-order valence-electron chi connectivity index (χ1n) is 11.9. The quantitative estimate of drug-likeness (QED) is 0.256. The molecular formula is C25H35IN2O6. The number of hydrogen-bond donors (Lipinski definition) is 3.